The second-order valence-corrected chi connectivity index (χ2v) is 5.56. The highest BCUT2D eigenvalue weighted by atomic mass is 35.5. The van der Waals surface area contributed by atoms with Crippen LogP contribution >= 0.6 is 11.6 Å². The van der Waals surface area contributed by atoms with Crippen molar-refractivity contribution < 1.29 is 4.39 Å². The van der Waals surface area contributed by atoms with Crippen molar-refractivity contribution >= 4 is 17.6 Å². The molecule has 20 heavy (non-hydrogen) atoms. The number of hydrogen-bond acceptors (Lipinski definition) is 1. The lowest BCUT2D eigenvalue weighted by Crippen LogP contribution is -2.43. The Balaban J connectivity index is 1.85. The summed E-state index contributed by atoms with van der Waals surface area (Å²) < 4.78 is 13.1. The number of halogens is 2. The summed E-state index contributed by atoms with van der Waals surface area (Å²) in [6.45, 7) is 0.576. The molecule has 0 atom stereocenters. The van der Waals surface area contributed by atoms with Gasteiger partial charge in [0.15, 0.2) is 5.96 Å². The van der Waals surface area contributed by atoms with Gasteiger partial charge in [-0.15, -0.1) is 0 Å². The monoisotopic (exact) mass is 297 g/mol. The first-order valence-corrected chi connectivity index (χ1v) is 7.48. The van der Waals surface area contributed by atoms with E-state index in [1.165, 1.54) is 38.2 Å². The SMILES string of the molecule is CN=C(NCc1ccc(F)c(Cl)c1)NC1CCCCC1. The van der Waals surface area contributed by atoms with Crippen molar-refractivity contribution in [3.05, 3.63) is 34.6 Å². The lowest BCUT2D eigenvalue weighted by atomic mass is 9.96. The Labute approximate surface area is 124 Å². The minimum atomic E-state index is -0.389. The zero-order chi connectivity index (χ0) is 14.4. The maximum absolute atomic E-state index is 13.1. The Morgan fingerprint density at radius 3 is 2.75 bits per heavy atom. The molecule has 2 N–H and O–H groups in total. The molecule has 3 nitrogen and oxygen atoms in total. The summed E-state index contributed by atoms with van der Waals surface area (Å²) in [4.78, 5) is 4.22. The van der Waals surface area contributed by atoms with Gasteiger partial charge in [-0.05, 0) is 30.5 Å². The molecule has 110 valence electrons. The molecule has 0 amide bonds. The summed E-state index contributed by atoms with van der Waals surface area (Å²) in [6.07, 6.45) is 6.29. The third-order valence-electron chi connectivity index (χ3n) is 3.61. The minimum absolute atomic E-state index is 0.152. The molecule has 0 radical (unpaired) electrons. The number of aliphatic imine (C=N–C) groups is 1. The molecule has 0 aliphatic heterocycles. The van der Waals surface area contributed by atoms with Crippen molar-refractivity contribution in [3.63, 3.8) is 0 Å². The predicted molar refractivity (Wildman–Crippen MR) is 81.6 cm³/mol. The number of benzene rings is 1. The number of nitrogens with one attached hydrogen (secondary N) is 2. The Bertz CT molecular complexity index is 470. The molecule has 0 saturated heterocycles. The molecule has 0 spiro atoms. The quantitative estimate of drug-likeness (QED) is 0.662. The van der Waals surface area contributed by atoms with Gasteiger partial charge in [-0.25, -0.2) is 4.39 Å². The Kier molecular flexibility index (Phi) is 5.65. The molecule has 1 aliphatic rings. The number of rotatable bonds is 3. The average molecular weight is 298 g/mol. The molecule has 0 aromatic heterocycles. The van der Waals surface area contributed by atoms with Crippen LogP contribution in [0.2, 0.25) is 5.02 Å². The number of guanidine groups is 1. The van der Waals surface area contributed by atoms with Crippen molar-refractivity contribution in [2.45, 2.75) is 44.7 Å². The van der Waals surface area contributed by atoms with Crippen LogP contribution in [0.1, 0.15) is 37.7 Å². The van der Waals surface area contributed by atoms with E-state index in [1.807, 2.05) is 0 Å². The van der Waals surface area contributed by atoms with Crippen molar-refractivity contribution in [3.8, 4) is 0 Å². The summed E-state index contributed by atoms with van der Waals surface area (Å²) >= 11 is 5.77. The fraction of sp³-hybridized carbons (Fsp3) is 0.533. The fourth-order valence-electron chi connectivity index (χ4n) is 2.47. The van der Waals surface area contributed by atoms with E-state index in [1.54, 1.807) is 19.2 Å². The van der Waals surface area contributed by atoms with E-state index in [9.17, 15) is 4.39 Å². The van der Waals surface area contributed by atoms with Gasteiger partial charge in [-0.2, -0.15) is 0 Å². The molecule has 1 aromatic rings. The van der Waals surface area contributed by atoms with Crippen LogP contribution in [0, 0.1) is 5.82 Å². The third kappa shape index (κ3) is 4.37. The average Bonchev–Trinajstić information content (AvgIpc) is 2.48. The number of nitrogens with zero attached hydrogens (tertiary/aromatic N) is 1. The maximum atomic E-state index is 13.1. The summed E-state index contributed by atoms with van der Waals surface area (Å²) in [5, 5.41) is 6.82. The molecular formula is C15H21ClFN3. The van der Waals surface area contributed by atoms with Gasteiger partial charge < -0.3 is 10.6 Å². The largest absolute Gasteiger partial charge is 0.354 e. The highest BCUT2D eigenvalue weighted by molar-refractivity contribution is 6.30. The molecule has 0 heterocycles. The Morgan fingerprint density at radius 1 is 1.35 bits per heavy atom. The number of hydrogen-bond donors (Lipinski definition) is 2. The lowest BCUT2D eigenvalue weighted by molar-refractivity contribution is 0.410. The van der Waals surface area contributed by atoms with E-state index in [-0.39, 0.29) is 10.8 Å². The molecule has 1 aliphatic carbocycles. The first-order valence-electron chi connectivity index (χ1n) is 7.10. The zero-order valence-electron chi connectivity index (χ0n) is 11.8. The van der Waals surface area contributed by atoms with Crippen LogP contribution in [-0.2, 0) is 6.54 Å². The molecule has 0 bridgehead atoms. The smallest absolute Gasteiger partial charge is 0.191 e. The fourth-order valence-corrected chi connectivity index (χ4v) is 2.67. The second kappa shape index (κ2) is 7.48. The van der Waals surface area contributed by atoms with Crippen molar-refractivity contribution in [2.24, 2.45) is 4.99 Å². The summed E-state index contributed by atoms with van der Waals surface area (Å²) in [7, 11) is 1.76. The van der Waals surface area contributed by atoms with Crippen molar-refractivity contribution in [2.75, 3.05) is 7.05 Å². The summed E-state index contributed by atoms with van der Waals surface area (Å²) in [6, 6.07) is 5.25. The summed E-state index contributed by atoms with van der Waals surface area (Å²) in [5.74, 6) is 0.400. The van der Waals surface area contributed by atoms with Crippen LogP contribution in [0.3, 0.4) is 0 Å². The molecule has 2 rings (SSSR count). The first kappa shape index (κ1) is 15.1. The van der Waals surface area contributed by atoms with E-state index in [0.29, 0.717) is 12.6 Å². The maximum Gasteiger partial charge on any atom is 0.191 e. The van der Waals surface area contributed by atoms with Crippen LogP contribution < -0.4 is 10.6 Å². The van der Waals surface area contributed by atoms with Gasteiger partial charge in [-0.3, -0.25) is 4.99 Å². The van der Waals surface area contributed by atoms with Gasteiger partial charge in [0.05, 0.1) is 5.02 Å². The van der Waals surface area contributed by atoms with E-state index < -0.39 is 0 Å². The van der Waals surface area contributed by atoms with Gasteiger partial charge >= 0.3 is 0 Å². The summed E-state index contributed by atoms with van der Waals surface area (Å²) in [5.41, 5.74) is 0.933. The normalized spacial score (nSPS) is 17.1. The molecule has 0 unspecified atom stereocenters. The molecule has 1 fully saturated rings. The van der Waals surface area contributed by atoms with Crippen molar-refractivity contribution in [1.82, 2.24) is 10.6 Å². The molecule has 1 saturated carbocycles. The highest BCUT2D eigenvalue weighted by Crippen LogP contribution is 2.17. The van der Waals surface area contributed by atoms with E-state index in [2.05, 4.69) is 15.6 Å². The Morgan fingerprint density at radius 2 is 2.10 bits per heavy atom. The molecule has 1 aromatic carbocycles. The molecule has 5 heteroatoms. The predicted octanol–water partition coefficient (Wildman–Crippen LogP) is 3.48. The lowest BCUT2D eigenvalue weighted by Gasteiger charge is -2.24. The van der Waals surface area contributed by atoms with Crippen LogP contribution in [0.5, 0.6) is 0 Å². The Hall–Kier alpha value is -1.29. The van der Waals surface area contributed by atoms with Gasteiger partial charge in [0.2, 0.25) is 0 Å². The highest BCUT2D eigenvalue weighted by Gasteiger charge is 2.14. The van der Waals surface area contributed by atoms with Gasteiger partial charge in [0.1, 0.15) is 5.82 Å². The second-order valence-electron chi connectivity index (χ2n) is 5.15. The zero-order valence-corrected chi connectivity index (χ0v) is 12.5. The van der Waals surface area contributed by atoms with E-state index in [0.717, 1.165) is 11.5 Å². The first-order chi connectivity index (χ1) is 9.69. The van der Waals surface area contributed by atoms with Crippen LogP contribution in [0.25, 0.3) is 0 Å². The van der Waals surface area contributed by atoms with Crippen LogP contribution in [0.15, 0.2) is 23.2 Å². The topological polar surface area (TPSA) is 36.4 Å². The van der Waals surface area contributed by atoms with Gasteiger partial charge in [0.25, 0.3) is 0 Å². The van der Waals surface area contributed by atoms with Crippen molar-refractivity contribution in [1.29, 1.82) is 0 Å². The minimum Gasteiger partial charge on any atom is -0.354 e. The molecular weight excluding hydrogens is 277 g/mol. The van der Waals surface area contributed by atoms with Gasteiger partial charge in [-0.1, -0.05) is 36.9 Å². The van der Waals surface area contributed by atoms with E-state index >= 15 is 0 Å². The van der Waals surface area contributed by atoms with Gasteiger partial charge in [0, 0.05) is 19.6 Å². The third-order valence-corrected chi connectivity index (χ3v) is 3.90. The van der Waals surface area contributed by atoms with Crippen LogP contribution in [0.4, 0.5) is 4.39 Å². The standard InChI is InChI=1S/C15H21ClFN3/c1-18-15(20-12-5-3-2-4-6-12)19-10-11-7-8-14(17)13(16)9-11/h7-9,12H,2-6,10H2,1H3,(H2,18,19,20). The van der Waals surface area contributed by atoms with E-state index in [4.69, 9.17) is 11.6 Å². The van der Waals surface area contributed by atoms with Crippen LogP contribution in [-0.4, -0.2) is 19.0 Å².